The predicted molar refractivity (Wildman–Crippen MR) is 275 cm³/mol. The van der Waals surface area contributed by atoms with E-state index in [2.05, 4.69) is 69.4 Å². The van der Waals surface area contributed by atoms with Crippen molar-refractivity contribution in [1.29, 1.82) is 0 Å². The molecule has 0 aromatic heterocycles. The van der Waals surface area contributed by atoms with Crippen LogP contribution >= 0.6 is 0 Å². The highest BCUT2D eigenvalue weighted by Crippen LogP contribution is 2.15. The quantitative estimate of drug-likeness (QED) is 0.0262. The van der Waals surface area contributed by atoms with Crippen molar-refractivity contribution >= 4 is 17.9 Å². The summed E-state index contributed by atoms with van der Waals surface area (Å²) in [4.78, 5) is 38.1. The van der Waals surface area contributed by atoms with Gasteiger partial charge in [0.25, 0.3) is 0 Å². The molecule has 0 rings (SSSR count). The second-order valence-corrected chi connectivity index (χ2v) is 18.5. The van der Waals surface area contributed by atoms with Gasteiger partial charge in [-0.1, -0.05) is 211 Å². The molecule has 1 unspecified atom stereocenters. The Morgan fingerprint density at radius 1 is 0.312 bits per heavy atom. The van der Waals surface area contributed by atoms with Crippen molar-refractivity contribution in [1.82, 2.24) is 0 Å². The van der Waals surface area contributed by atoms with Crippen LogP contribution in [0, 0.1) is 0 Å². The standard InChI is InChI=1S/C58H104O6/c1-4-7-10-13-16-19-22-25-28-29-31-33-36-39-42-45-48-51-57(60)63-54-55(53-62-56(59)50-47-44-41-38-35-32-27-24-21-18-15-12-9-6-3)64-58(61)52-49-46-43-40-37-34-30-26-23-20-17-14-11-8-5-2/h16,19-20,23,25,28,32,35,55H,4-15,17-18,21-22,24,26-27,29-31,33-34,36-54H2,1-3H3/b19-16-,23-20-,28-25-,35-32-. The van der Waals surface area contributed by atoms with E-state index in [0.29, 0.717) is 19.3 Å². The number of carbonyl (C=O) groups excluding carboxylic acids is 3. The summed E-state index contributed by atoms with van der Waals surface area (Å²) in [5, 5.41) is 0. The molecule has 0 aromatic carbocycles. The molecular weight excluding hydrogens is 793 g/mol. The summed E-state index contributed by atoms with van der Waals surface area (Å²) >= 11 is 0. The van der Waals surface area contributed by atoms with E-state index in [-0.39, 0.29) is 31.1 Å². The molecule has 64 heavy (non-hydrogen) atoms. The summed E-state index contributed by atoms with van der Waals surface area (Å²) in [5.74, 6) is -0.900. The Balaban J connectivity index is 4.39. The van der Waals surface area contributed by atoms with Gasteiger partial charge < -0.3 is 14.2 Å². The molecule has 0 bridgehead atoms. The summed E-state index contributed by atoms with van der Waals surface area (Å²) in [6, 6.07) is 0. The van der Waals surface area contributed by atoms with E-state index in [1.54, 1.807) is 0 Å². The summed E-state index contributed by atoms with van der Waals surface area (Å²) in [7, 11) is 0. The summed E-state index contributed by atoms with van der Waals surface area (Å²) in [6.07, 6.45) is 63.8. The van der Waals surface area contributed by atoms with Gasteiger partial charge in [0.05, 0.1) is 0 Å². The number of unbranched alkanes of at least 4 members (excludes halogenated alkanes) is 31. The summed E-state index contributed by atoms with van der Waals surface area (Å²) < 4.78 is 16.8. The molecule has 0 amide bonds. The number of hydrogen-bond acceptors (Lipinski definition) is 6. The SMILES string of the molecule is CCCCC/C=C\C/C=C\CCCCCCCCCC(=O)OCC(COC(=O)CCCCC/C=C\CCCCCCCCC)OC(=O)CCCCCCCCC/C=C\CCCCCC. The first-order valence-electron chi connectivity index (χ1n) is 27.6. The van der Waals surface area contributed by atoms with Gasteiger partial charge in [-0.05, 0) is 103 Å². The molecule has 0 heterocycles. The third kappa shape index (κ3) is 50.4. The fourth-order valence-corrected chi connectivity index (χ4v) is 7.81. The van der Waals surface area contributed by atoms with E-state index in [0.717, 1.165) is 83.5 Å². The van der Waals surface area contributed by atoms with Crippen LogP contribution in [0.3, 0.4) is 0 Å². The number of hydrogen-bond donors (Lipinski definition) is 0. The normalized spacial score (nSPS) is 12.4. The van der Waals surface area contributed by atoms with Gasteiger partial charge in [-0.3, -0.25) is 14.4 Å². The van der Waals surface area contributed by atoms with Crippen LogP contribution < -0.4 is 0 Å². The first-order valence-corrected chi connectivity index (χ1v) is 27.6. The average Bonchev–Trinajstić information content (AvgIpc) is 3.29. The molecule has 0 spiro atoms. The van der Waals surface area contributed by atoms with Crippen molar-refractivity contribution < 1.29 is 28.6 Å². The maximum absolute atomic E-state index is 12.8. The van der Waals surface area contributed by atoms with Crippen molar-refractivity contribution in [2.24, 2.45) is 0 Å². The lowest BCUT2D eigenvalue weighted by atomic mass is 10.1. The van der Waals surface area contributed by atoms with Crippen molar-refractivity contribution in [3.05, 3.63) is 48.6 Å². The Morgan fingerprint density at radius 3 is 0.938 bits per heavy atom. The monoisotopic (exact) mass is 897 g/mol. The smallest absolute Gasteiger partial charge is 0.306 e. The van der Waals surface area contributed by atoms with E-state index in [4.69, 9.17) is 14.2 Å². The third-order valence-electron chi connectivity index (χ3n) is 12.0. The predicted octanol–water partition coefficient (Wildman–Crippen LogP) is 18.3. The number of esters is 3. The second-order valence-electron chi connectivity index (χ2n) is 18.5. The van der Waals surface area contributed by atoms with Crippen molar-refractivity contribution in [3.8, 4) is 0 Å². The second kappa shape index (κ2) is 53.0. The molecule has 6 heteroatoms. The van der Waals surface area contributed by atoms with Gasteiger partial charge in [-0.25, -0.2) is 0 Å². The molecule has 0 aliphatic carbocycles. The molecule has 0 aromatic rings. The molecule has 0 saturated heterocycles. The zero-order chi connectivity index (χ0) is 46.5. The fourth-order valence-electron chi connectivity index (χ4n) is 7.81. The minimum absolute atomic E-state index is 0.0826. The van der Waals surface area contributed by atoms with Crippen molar-refractivity contribution in [2.75, 3.05) is 13.2 Å². The maximum atomic E-state index is 12.8. The molecule has 0 aliphatic heterocycles. The average molecular weight is 897 g/mol. The van der Waals surface area contributed by atoms with Crippen LogP contribution in [0.15, 0.2) is 48.6 Å². The van der Waals surface area contributed by atoms with E-state index in [1.807, 2.05) is 0 Å². The molecule has 0 fully saturated rings. The van der Waals surface area contributed by atoms with Crippen LogP contribution in [0.2, 0.25) is 0 Å². The molecule has 0 saturated carbocycles. The summed E-state index contributed by atoms with van der Waals surface area (Å²) in [6.45, 7) is 6.59. The molecule has 6 nitrogen and oxygen atoms in total. The maximum Gasteiger partial charge on any atom is 0.306 e. The van der Waals surface area contributed by atoms with Gasteiger partial charge in [-0.2, -0.15) is 0 Å². The minimum atomic E-state index is -0.783. The first kappa shape index (κ1) is 61.4. The van der Waals surface area contributed by atoms with Gasteiger partial charge in [0.15, 0.2) is 6.10 Å². The Labute approximate surface area is 397 Å². The van der Waals surface area contributed by atoms with E-state index in [9.17, 15) is 14.4 Å². The van der Waals surface area contributed by atoms with Crippen LogP contribution in [-0.2, 0) is 28.6 Å². The number of carbonyl (C=O) groups is 3. The summed E-state index contributed by atoms with van der Waals surface area (Å²) in [5.41, 5.74) is 0. The zero-order valence-electron chi connectivity index (χ0n) is 42.6. The zero-order valence-corrected chi connectivity index (χ0v) is 42.6. The first-order chi connectivity index (χ1) is 31.5. The molecule has 0 radical (unpaired) electrons. The number of ether oxygens (including phenoxy) is 3. The van der Waals surface area contributed by atoms with Gasteiger partial charge in [0, 0.05) is 19.3 Å². The van der Waals surface area contributed by atoms with E-state index >= 15 is 0 Å². The Bertz CT molecular complexity index is 1120. The van der Waals surface area contributed by atoms with Crippen LogP contribution in [0.4, 0.5) is 0 Å². The lowest BCUT2D eigenvalue weighted by Gasteiger charge is -2.18. The van der Waals surface area contributed by atoms with Crippen molar-refractivity contribution in [2.45, 2.75) is 290 Å². The lowest BCUT2D eigenvalue weighted by Crippen LogP contribution is -2.30. The van der Waals surface area contributed by atoms with E-state index in [1.165, 1.54) is 161 Å². The van der Waals surface area contributed by atoms with Gasteiger partial charge in [0.2, 0.25) is 0 Å². The molecule has 0 aliphatic rings. The molecular formula is C58H104O6. The number of rotatable bonds is 50. The molecule has 0 N–H and O–H groups in total. The lowest BCUT2D eigenvalue weighted by molar-refractivity contribution is -0.167. The third-order valence-corrected chi connectivity index (χ3v) is 12.0. The van der Waals surface area contributed by atoms with Crippen LogP contribution in [0.25, 0.3) is 0 Å². The van der Waals surface area contributed by atoms with Gasteiger partial charge in [0.1, 0.15) is 13.2 Å². The Hall–Kier alpha value is -2.63. The fraction of sp³-hybridized carbons (Fsp3) is 0.810. The minimum Gasteiger partial charge on any atom is -0.462 e. The van der Waals surface area contributed by atoms with Crippen LogP contribution in [0.5, 0.6) is 0 Å². The number of allylic oxidation sites excluding steroid dienone is 8. The molecule has 372 valence electrons. The highest BCUT2D eigenvalue weighted by atomic mass is 16.6. The highest BCUT2D eigenvalue weighted by Gasteiger charge is 2.19. The topological polar surface area (TPSA) is 78.9 Å². The van der Waals surface area contributed by atoms with Crippen LogP contribution in [0.1, 0.15) is 284 Å². The van der Waals surface area contributed by atoms with Gasteiger partial charge in [-0.15, -0.1) is 0 Å². The largest absolute Gasteiger partial charge is 0.462 e. The Morgan fingerprint density at radius 2 is 0.562 bits per heavy atom. The van der Waals surface area contributed by atoms with Crippen molar-refractivity contribution in [3.63, 3.8) is 0 Å². The van der Waals surface area contributed by atoms with E-state index < -0.39 is 6.10 Å². The molecule has 1 atom stereocenters. The van der Waals surface area contributed by atoms with Gasteiger partial charge >= 0.3 is 17.9 Å². The Kier molecular flexibility index (Phi) is 50.8. The highest BCUT2D eigenvalue weighted by molar-refractivity contribution is 5.71. The van der Waals surface area contributed by atoms with Crippen LogP contribution in [-0.4, -0.2) is 37.2 Å².